The molecule has 1 aliphatic rings. The minimum absolute atomic E-state index is 0.0614. The molecule has 0 saturated carbocycles. The van der Waals surface area contributed by atoms with Gasteiger partial charge in [-0.25, -0.2) is 0 Å². The van der Waals surface area contributed by atoms with Gasteiger partial charge in [0.15, 0.2) is 0 Å². The predicted octanol–water partition coefficient (Wildman–Crippen LogP) is 4.04. The topological polar surface area (TPSA) is 36.4 Å². The minimum atomic E-state index is -4.38. The maximum Gasteiger partial charge on any atom is 0.416 e. The molecule has 1 fully saturated rings. The largest absolute Gasteiger partial charge is 0.416 e. The number of pyridine rings is 1. The van der Waals surface area contributed by atoms with Gasteiger partial charge in [-0.2, -0.15) is 13.2 Å². The number of rotatable bonds is 4. The van der Waals surface area contributed by atoms with Gasteiger partial charge in [0.05, 0.1) is 17.8 Å². The van der Waals surface area contributed by atoms with Gasteiger partial charge >= 0.3 is 6.18 Å². The Labute approximate surface area is 163 Å². The molecular weight excluding hydrogens is 367 g/mol. The average molecular weight is 391 g/mol. The molecule has 2 heterocycles. The van der Waals surface area contributed by atoms with Crippen molar-refractivity contribution in [1.29, 1.82) is 0 Å². The van der Waals surface area contributed by atoms with Gasteiger partial charge in [-0.15, -0.1) is 0 Å². The van der Waals surface area contributed by atoms with Gasteiger partial charge in [-0.1, -0.05) is 18.2 Å². The molecule has 7 heteroatoms. The van der Waals surface area contributed by atoms with Crippen LogP contribution >= 0.6 is 0 Å². The van der Waals surface area contributed by atoms with Gasteiger partial charge in [0.1, 0.15) is 0 Å². The molecule has 1 aliphatic heterocycles. The van der Waals surface area contributed by atoms with E-state index in [2.05, 4.69) is 9.88 Å². The van der Waals surface area contributed by atoms with Crippen LogP contribution < -0.4 is 0 Å². The van der Waals surface area contributed by atoms with Crippen LogP contribution in [-0.2, 0) is 11.0 Å². The van der Waals surface area contributed by atoms with Crippen LogP contribution in [0.25, 0.3) is 11.3 Å². The van der Waals surface area contributed by atoms with Crippen molar-refractivity contribution >= 4 is 5.91 Å². The highest BCUT2D eigenvalue weighted by molar-refractivity contribution is 5.77. The summed E-state index contributed by atoms with van der Waals surface area (Å²) in [6.45, 7) is 1.96. The molecule has 0 N–H and O–H groups in total. The molecular formula is C21H24F3N3O. The lowest BCUT2D eigenvalue weighted by Crippen LogP contribution is -2.41. The molecule has 1 unspecified atom stereocenters. The third-order valence-corrected chi connectivity index (χ3v) is 5.04. The monoisotopic (exact) mass is 391 g/mol. The Morgan fingerprint density at radius 2 is 1.96 bits per heavy atom. The normalized spacial score (nSPS) is 18.1. The Balaban J connectivity index is 1.79. The van der Waals surface area contributed by atoms with Crippen LogP contribution in [0.5, 0.6) is 0 Å². The molecule has 1 amide bonds. The minimum Gasteiger partial charge on any atom is -0.348 e. The maximum absolute atomic E-state index is 13.0. The maximum atomic E-state index is 13.0. The highest BCUT2D eigenvalue weighted by Gasteiger charge is 2.30. The quantitative estimate of drug-likeness (QED) is 0.790. The van der Waals surface area contributed by atoms with Crippen LogP contribution in [0.4, 0.5) is 13.2 Å². The number of halogens is 3. The van der Waals surface area contributed by atoms with Crippen molar-refractivity contribution in [2.75, 3.05) is 33.7 Å². The summed E-state index contributed by atoms with van der Waals surface area (Å²) >= 11 is 0. The van der Waals surface area contributed by atoms with Crippen LogP contribution in [0.2, 0.25) is 0 Å². The van der Waals surface area contributed by atoms with Crippen molar-refractivity contribution in [2.45, 2.75) is 24.9 Å². The van der Waals surface area contributed by atoms with Crippen molar-refractivity contribution in [3.63, 3.8) is 0 Å². The lowest BCUT2D eigenvalue weighted by atomic mass is 9.93. The summed E-state index contributed by atoms with van der Waals surface area (Å²) < 4.78 is 39.0. The SMILES string of the molecule is CN(C)C(=O)CN1CCCC(c2cccc(-c3cccc(C(F)(F)F)c3)n2)C1. The molecule has 1 aromatic carbocycles. The van der Waals surface area contributed by atoms with Gasteiger partial charge in [-0.3, -0.25) is 14.7 Å². The first-order valence-corrected chi connectivity index (χ1v) is 9.31. The van der Waals surface area contributed by atoms with E-state index in [0.29, 0.717) is 17.8 Å². The summed E-state index contributed by atoms with van der Waals surface area (Å²) in [7, 11) is 3.48. The Morgan fingerprint density at radius 3 is 2.68 bits per heavy atom. The summed E-state index contributed by atoms with van der Waals surface area (Å²) in [5.41, 5.74) is 1.16. The van der Waals surface area contributed by atoms with Gasteiger partial charge in [0, 0.05) is 37.8 Å². The zero-order chi connectivity index (χ0) is 20.3. The number of aromatic nitrogens is 1. The van der Waals surface area contributed by atoms with Gasteiger partial charge in [-0.05, 0) is 43.7 Å². The average Bonchev–Trinajstić information content (AvgIpc) is 2.67. The van der Waals surface area contributed by atoms with Crippen LogP contribution in [0.3, 0.4) is 0 Å². The van der Waals surface area contributed by atoms with E-state index in [4.69, 9.17) is 0 Å². The summed E-state index contributed by atoms with van der Waals surface area (Å²) in [6, 6.07) is 10.7. The number of hydrogen-bond acceptors (Lipinski definition) is 3. The lowest BCUT2D eigenvalue weighted by molar-refractivity contribution is -0.137. The molecule has 1 aromatic heterocycles. The summed E-state index contributed by atoms with van der Waals surface area (Å²) in [5.74, 6) is 0.223. The molecule has 150 valence electrons. The first kappa shape index (κ1) is 20.3. The van der Waals surface area contributed by atoms with Gasteiger partial charge in [0.2, 0.25) is 5.91 Å². The van der Waals surface area contributed by atoms with Crippen molar-refractivity contribution < 1.29 is 18.0 Å². The molecule has 1 atom stereocenters. The van der Waals surface area contributed by atoms with E-state index in [0.717, 1.165) is 43.8 Å². The Hall–Kier alpha value is -2.41. The highest BCUT2D eigenvalue weighted by Crippen LogP contribution is 2.32. The van der Waals surface area contributed by atoms with Crippen molar-refractivity contribution in [3.8, 4) is 11.3 Å². The standard InChI is InChI=1S/C21H24F3N3O/c1-26(2)20(28)14-27-11-5-7-16(13-27)19-10-4-9-18(25-19)15-6-3-8-17(12-15)21(22,23)24/h3-4,6,8-10,12,16H,5,7,11,13-14H2,1-2H3. The molecule has 0 aliphatic carbocycles. The lowest BCUT2D eigenvalue weighted by Gasteiger charge is -2.32. The number of likely N-dealkylation sites (tertiary alicyclic amines) is 1. The van der Waals surface area contributed by atoms with E-state index in [1.54, 1.807) is 31.1 Å². The third kappa shape index (κ3) is 4.90. The van der Waals surface area contributed by atoms with E-state index >= 15 is 0 Å². The summed E-state index contributed by atoms with van der Waals surface area (Å²) in [6.07, 6.45) is -2.47. The van der Waals surface area contributed by atoms with Crippen LogP contribution in [-0.4, -0.2) is 54.4 Å². The fourth-order valence-electron chi connectivity index (χ4n) is 3.47. The number of amides is 1. The highest BCUT2D eigenvalue weighted by atomic mass is 19.4. The Bertz CT molecular complexity index is 836. The number of likely N-dealkylation sites (N-methyl/N-ethyl adjacent to an activating group) is 1. The fourth-order valence-corrected chi connectivity index (χ4v) is 3.47. The molecule has 3 rings (SSSR count). The molecule has 28 heavy (non-hydrogen) atoms. The third-order valence-electron chi connectivity index (χ3n) is 5.04. The number of nitrogens with zero attached hydrogens (tertiary/aromatic N) is 3. The van der Waals surface area contributed by atoms with E-state index in [1.807, 2.05) is 12.1 Å². The Kier molecular flexibility index (Phi) is 6.03. The van der Waals surface area contributed by atoms with Crippen molar-refractivity contribution in [3.05, 3.63) is 53.7 Å². The van der Waals surface area contributed by atoms with Gasteiger partial charge in [0.25, 0.3) is 0 Å². The predicted molar refractivity (Wildman–Crippen MR) is 102 cm³/mol. The number of carbonyl (C=O) groups is 1. The number of alkyl halides is 3. The first-order chi connectivity index (χ1) is 13.2. The van der Waals surface area contributed by atoms with E-state index < -0.39 is 11.7 Å². The second-order valence-electron chi connectivity index (χ2n) is 7.39. The number of benzene rings is 1. The second-order valence-corrected chi connectivity index (χ2v) is 7.39. The van der Waals surface area contributed by atoms with Gasteiger partial charge < -0.3 is 4.90 Å². The molecule has 0 bridgehead atoms. The van der Waals surface area contributed by atoms with Crippen molar-refractivity contribution in [2.24, 2.45) is 0 Å². The summed E-state index contributed by atoms with van der Waals surface area (Å²) in [4.78, 5) is 20.3. The molecule has 0 spiro atoms. The van der Waals surface area contributed by atoms with Crippen LogP contribution in [0.1, 0.15) is 30.0 Å². The molecule has 1 saturated heterocycles. The van der Waals surface area contributed by atoms with Crippen LogP contribution in [0, 0.1) is 0 Å². The van der Waals surface area contributed by atoms with Crippen molar-refractivity contribution in [1.82, 2.24) is 14.8 Å². The molecule has 4 nitrogen and oxygen atoms in total. The fraction of sp³-hybridized carbons (Fsp3) is 0.429. The first-order valence-electron chi connectivity index (χ1n) is 9.31. The Morgan fingerprint density at radius 1 is 1.21 bits per heavy atom. The molecule has 2 aromatic rings. The number of hydrogen-bond donors (Lipinski definition) is 0. The van der Waals surface area contributed by atoms with E-state index in [-0.39, 0.29) is 11.8 Å². The zero-order valence-corrected chi connectivity index (χ0v) is 16.0. The summed E-state index contributed by atoms with van der Waals surface area (Å²) in [5, 5.41) is 0. The molecule has 0 radical (unpaired) electrons. The van der Waals surface area contributed by atoms with E-state index in [9.17, 15) is 18.0 Å². The zero-order valence-electron chi connectivity index (χ0n) is 16.0. The smallest absolute Gasteiger partial charge is 0.348 e. The van der Waals surface area contributed by atoms with Crippen LogP contribution in [0.15, 0.2) is 42.5 Å². The van der Waals surface area contributed by atoms with E-state index in [1.165, 1.54) is 6.07 Å². The second kappa shape index (κ2) is 8.31. The number of carbonyl (C=O) groups excluding carboxylic acids is 1. The number of piperidine rings is 1.